The molecular weight excluding hydrogens is 602 g/mol. The van der Waals surface area contributed by atoms with Gasteiger partial charge in [0.1, 0.15) is 6.54 Å². The third kappa shape index (κ3) is 6.42. The van der Waals surface area contributed by atoms with Gasteiger partial charge in [0.25, 0.3) is 15.9 Å². The van der Waals surface area contributed by atoms with E-state index in [1.807, 2.05) is 30.5 Å². The molecule has 0 aliphatic heterocycles. The molecule has 0 saturated carbocycles. The fraction of sp³-hybridized carbons (Fsp3) is 0.111. The zero-order chi connectivity index (χ0) is 28.3. The van der Waals surface area contributed by atoms with Gasteiger partial charge < -0.3 is 4.57 Å². The van der Waals surface area contributed by atoms with Gasteiger partial charge in [0.05, 0.1) is 32.5 Å². The molecule has 0 atom stereocenters. The number of hydrazone groups is 1. The topological polar surface area (TPSA) is 83.8 Å². The van der Waals surface area contributed by atoms with Crippen molar-refractivity contribution >= 4 is 74.2 Å². The van der Waals surface area contributed by atoms with Crippen molar-refractivity contribution in [2.45, 2.75) is 18.7 Å². The van der Waals surface area contributed by atoms with E-state index in [0.29, 0.717) is 15.7 Å². The van der Waals surface area contributed by atoms with Crippen molar-refractivity contribution in [2.75, 3.05) is 10.8 Å². The molecule has 0 bridgehead atoms. The zero-order valence-corrected chi connectivity index (χ0v) is 24.5. The van der Waals surface area contributed by atoms with E-state index in [2.05, 4.69) is 10.5 Å². The number of aromatic nitrogens is 1. The summed E-state index contributed by atoms with van der Waals surface area (Å²) < 4.78 is 29.8. The van der Waals surface area contributed by atoms with Gasteiger partial charge in [-0.2, -0.15) is 5.10 Å². The smallest absolute Gasteiger partial charge is 0.264 e. The molecule has 4 aromatic rings. The van der Waals surface area contributed by atoms with Gasteiger partial charge in [0.2, 0.25) is 0 Å². The Bertz CT molecular complexity index is 1650. The minimum atomic E-state index is -4.13. The Hall–Kier alpha value is -3.01. The lowest BCUT2D eigenvalue weighted by Gasteiger charge is -2.24. The van der Waals surface area contributed by atoms with E-state index in [1.165, 1.54) is 36.5 Å². The number of anilines is 1. The molecule has 1 amide bonds. The standard InChI is InChI=1S/C27H22Cl4N4O3S/c1-17-11-19(18(2)35(17)25-10-6-9-24(30)27(25)31)15-32-33-26(36)16-34(22-13-20(28)12-21(29)14-22)39(37,38)23-7-4-3-5-8-23/h3-15H,16H2,1-2H3,(H,33,36)/b32-15-. The molecule has 202 valence electrons. The van der Waals surface area contributed by atoms with Gasteiger partial charge in [-0.3, -0.25) is 9.10 Å². The van der Waals surface area contributed by atoms with Crippen molar-refractivity contribution < 1.29 is 13.2 Å². The van der Waals surface area contributed by atoms with Crippen LogP contribution >= 0.6 is 46.4 Å². The van der Waals surface area contributed by atoms with Gasteiger partial charge in [-0.15, -0.1) is 0 Å². The highest BCUT2D eigenvalue weighted by atomic mass is 35.5. The number of benzene rings is 3. The number of carbonyl (C=O) groups is 1. The summed E-state index contributed by atoms with van der Waals surface area (Å²) in [6.45, 7) is 3.22. The predicted molar refractivity (Wildman–Crippen MR) is 158 cm³/mol. The van der Waals surface area contributed by atoms with Crippen molar-refractivity contribution in [1.29, 1.82) is 0 Å². The molecule has 0 spiro atoms. The van der Waals surface area contributed by atoms with Crippen LogP contribution < -0.4 is 9.73 Å². The van der Waals surface area contributed by atoms with Crippen LogP contribution in [-0.4, -0.2) is 31.7 Å². The number of hydrogen-bond acceptors (Lipinski definition) is 4. The lowest BCUT2D eigenvalue weighted by Crippen LogP contribution is -2.39. The summed E-state index contributed by atoms with van der Waals surface area (Å²) in [6, 6.07) is 19.3. The van der Waals surface area contributed by atoms with Gasteiger partial charge >= 0.3 is 0 Å². The quantitative estimate of drug-likeness (QED) is 0.169. The largest absolute Gasteiger partial charge is 0.316 e. The molecule has 0 radical (unpaired) electrons. The van der Waals surface area contributed by atoms with Crippen molar-refractivity contribution in [3.05, 3.63) is 110 Å². The van der Waals surface area contributed by atoms with E-state index in [9.17, 15) is 13.2 Å². The molecule has 0 saturated heterocycles. The van der Waals surface area contributed by atoms with Crippen LogP contribution in [0.5, 0.6) is 0 Å². The first kappa shape index (κ1) is 29.0. The number of halogens is 4. The minimum Gasteiger partial charge on any atom is -0.316 e. The van der Waals surface area contributed by atoms with Crippen molar-refractivity contribution in [3.8, 4) is 5.69 Å². The van der Waals surface area contributed by atoms with Crippen LogP contribution in [0.4, 0.5) is 5.69 Å². The Kier molecular flexibility index (Phi) is 8.93. The zero-order valence-electron chi connectivity index (χ0n) is 20.7. The van der Waals surface area contributed by atoms with E-state index < -0.39 is 22.5 Å². The Labute approximate surface area is 246 Å². The summed E-state index contributed by atoms with van der Waals surface area (Å²) >= 11 is 24.8. The first-order valence-electron chi connectivity index (χ1n) is 11.5. The molecule has 3 aromatic carbocycles. The highest BCUT2D eigenvalue weighted by Crippen LogP contribution is 2.32. The first-order valence-corrected chi connectivity index (χ1v) is 14.4. The lowest BCUT2D eigenvalue weighted by atomic mass is 10.2. The number of rotatable bonds is 8. The average molecular weight is 624 g/mol. The van der Waals surface area contributed by atoms with E-state index in [-0.39, 0.29) is 20.6 Å². The molecular formula is C27H22Cl4N4O3S. The number of hydrogen-bond donors (Lipinski definition) is 1. The third-order valence-electron chi connectivity index (χ3n) is 5.79. The summed E-state index contributed by atoms with van der Waals surface area (Å²) in [5.74, 6) is -0.673. The molecule has 0 aliphatic carbocycles. The van der Waals surface area contributed by atoms with Crippen molar-refractivity contribution in [3.63, 3.8) is 0 Å². The van der Waals surface area contributed by atoms with Crippen LogP contribution in [0.1, 0.15) is 17.0 Å². The van der Waals surface area contributed by atoms with Crippen LogP contribution in [-0.2, 0) is 14.8 Å². The second-order valence-electron chi connectivity index (χ2n) is 8.48. The van der Waals surface area contributed by atoms with Gasteiger partial charge in [-0.1, -0.05) is 70.7 Å². The lowest BCUT2D eigenvalue weighted by molar-refractivity contribution is -0.119. The maximum Gasteiger partial charge on any atom is 0.264 e. The average Bonchev–Trinajstić information content (AvgIpc) is 3.16. The third-order valence-corrected chi connectivity index (χ3v) is 8.82. The minimum absolute atomic E-state index is 0.00418. The maximum atomic E-state index is 13.5. The fourth-order valence-electron chi connectivity index (χ4n) is 4.01. The Morgan fingerprint density at radius 1 is 0.949 bits per heavy atom. The molecule has 0 unspecified atom stereocenters. The van der Waals surface area contributed by atoms with Crippen molar-refractivity contribution in [1.82, 2.24) is 9.99 Å². The maximum absolute atomic E-state index is 13.5. The predicted octanol–water partition coefficient (Wildman–Crippen LogP) is 7.05. The molecule has 39 heavy (non-hydrogen) atoms. The SMILES string of the molecule is Cc1cc(/C=N\NC(=O)CN(c2cc(Cl)cc(Cl)c2)S(=O)(=O)c2ccccc2)c(C)n1-c1cccc(Cl)c1Cl. The number of nitrogens with zero attached hydrogens (tertiary/aromatic N) is 3. The van der Waals surface area contributed by atoms with E-state index in [0.717, 1.165) is 21.3 Å². The van der Waals surface area contributed by atoms with Crippen LogP contribution in [0.3, 0.4) is 0 Å². The van der Waals surface area contributed by atoms with Gasteiger partial charge in [-0.05, 0) is 62.4 Å². The van der Waals surface area contributed by atoms with Crippen LogP contribution in [0.15, 0.2) is 82.8 Å². The molecule has 0 fully saturated rings. The summed E-state index contributed by atoms with van der Waals surface area (Å²) in [4.78, 5) is 12.9. The first-order chi connectivity index (χ1) is 18.5. The van der Waals surface area contributed by atoms with Crippen LogP contribution in [0.2, 0.25) is 20.1 Å². The Morgan fingerprint density at radius 2 is 1.62 bits per heavy atom. The van der Waals surface area contributed by atoms with E-state index >= 15 is 0 Å². The van der Waals surface area contributed by atoms with Gasteiger partial charge in [0.15, 0.2) is 0 Å². The molecule has 7 nitrogen and oxygen atoms in total. The highest BCUT2D eigenvalue weighted by molar-refractivity contribution is 7.92. The number of nitrogens with one attached hydrogen (secondary N) is 1. The van der Waals surface area contributed by atoms with Crippen LogP contribution in [0, 0.1) is 13.8 Å². The molecule has 1 N–H and O–H groups in total. The number of sulfonamides is 1. The molecule has 12 heteroatoms. The summed E-state index contributed by atoms with van der Waals surface area (Å²) in [6.07, 6.45) is 1.47. The Balaban J connectivity index is 1.58. The Morgan fingerprint density at radius 3 is 2.28 bits per heavy atom. The van der Waals surface area contributed by atoms with Gasteiger partial charge in [-0.25, -0.2) is 13.8 Å². The second kappa shape index (κ2) is 12.0. The molecule has 1 heterocycles. The second-order valence-corrected chi connectivity index (χ2v) is 12.0. The summed E-state index contributed by atoms with van der Waals surface area (Å²) in [5, 5.41) is 5.35. The monoisotopic (exact) mass is 622 g/mol. The van der Waals surface area contributed by atoms with Crippen molar-refractivity contribution in [2.24, 2.45) is 5.10 Å². The summed E-state index contributed by atoms with van der Waals surface area (Å²) in [5.41, 5.74) is 5.67. The molecule has 0 aliphatic rings. The molecule has 4 rings (SSSR count). The normalized spacial score (nSPS) is 11.6. The van der Waals surface area contributed by atoms with Gasteiger partial charge in [0, 0.05) is 27.0 Å². The molecule has 1 aromatic heterocycles. The number of aryl methyl sites for hydroxylation is 1. The summed E-state index contributed by atoms with van der Waals surface area (Å²) in [7, 11) is -4.13. The van der Waals surface area contributed by atoms with Crippen LogP contribution in [0.25, 0.3) is 5.69 Å². The number of carbonyl (C=O) groups excluding carboxylic acids is 1. The highest BCUT2D eigenvalue weighted by Gasteiger charge is 2.27. The van der Waals surface area contributed by atoms with E-state index in [4.69, 9.17) is 46.4 Å². The van der Waals surface area contributed by atoms with E-state index in [1.54, 1.807) is 30.3 Å². The number of amides is 1. The fourth-order valence-corrected chi connectivity index (χ4v) is 6.33.